The Morgan fingerprint density at radius 3 is 2.42 bits per heavy atom. The van der Waals surface area contributed by atoms with Crippen LogP contribution in [0.3, 0.4) is 0 Å². The second kappa shape index (κ2) is 12.5. The number of fused-ring (bicyclic) bond motifs is 2. The van der Waals surface area contributed by atoms with Crippen molar-refractivity contribution in [2.75, 3.05) is 38.2 Å². The van der Waals surface area contributed by atoms with Crippen LogP contribution in [0.5, 0.6) is 11.5 Å². The predicted octanol–water partition coefficient (Wildman–Crippen LogP) is 4.82. The van der Waals surface area contributed by atoms with E-state index in [1.807, 2.05) is 69.3 Å². The molecule has 0 saturated carbocycles. The van der Waals surface area contributed by atoms with Crippen molar-refractivity contribution in [3.05, 3.63) is 96.7 Å². The molecule has 0 spiro atoms. The Kier molecular flexibility index (Phi) is 8.73. The minimum absolute atomic E-state index is 0.0936. The lowest BCUT2D eigenvalue weighted by Crippen LogP contribution is -2.43. The second-order valence-electron chi connectivity index (χ2n) is 10.4. The number of carbonyl (C=O) groups excluding carboxylic acids is 1. The fourth-order valence-electron chi connectivity index (χ4n) is 5.87. The van der Waals surface area contributed by atoms with Gasteiger partial charge in [-0.05, 0) is 69.7 Å². The van der Waals surface area contributed by atoms with Gasteiger partial charge >= 0.3 is 0 Å². The first-order valence-corrected chi connectivity index (χ1v) is 15.5. The van der Waals surface area contributed by atoms with Crippen LogP contribution in [0.4, 0.5) is 5.69 Å². The van der Waals surface area contributed by atoms with Crippen LogP contribution in [0.1, 0.15) is 51.8 Å². The number of anilines is 1. The normalized spacial score (nSPS) is 14.9. The van der Waals surface area contributed by atoms with E-state index in [-0.39, 0.29) is 17.2 Å². The molecular formula is C34H38N4O4S. The maximum absolute atomic E-state index is 14.3. The molecule has 5 rings (SSSR count). The number of methoxy groups -OCH3 is 1. The molecule has 4 aromatic rings. The summed E-state index contributed by atoms with van der Waals surface area (Å²) in [5.74, 6) is 0.517. The van der Waals surface area contributed by atoms with Crippen LogP contribution in [0, 0.1) is 0 Å². The molecule has 224 valence electrons. The molecule has 8 nitrogen and oxygen atoms in total. The zero-order valence-electron chi connectivity index (χ0n) is 25.5. The number of phenols is 1. The van der Waals surface area contributed by atoms with Crippen molar-refractivity contribution in [1.82, 2.24) is 9.47 Å². The molecule has 0 radical (unpaired) electrons. The lowest BCUT2D eigenvalue weighted by molar-refractivity contribution is -0.127. The summed E-state index contributed by atoms with van der Waals surface area (Å²) in [6, 6.07) is 16.5. The molecule has 9 heteroatoms. The highest BCUT2D eigenvalue weighted by Crippen LogP contribution is 2.40. The third kappa shape index (κ3) is 5.33. The Morgan fingerprint density at radius 1 is 1.05 bits per heavy atom. The Morgan fingerprint density at radius 2 is 1.77 bits per heavy atom. The van der Waals surface area contributed by atoms with Crippen LogP contribution in [0.25, 0.3) is 16.8 Å². The summed E-state index contributed by atoms with van der Waals surface area (Å²) in [5, 5.41) is 12.8. The van der Waals surface area contributed by atoms with Crippen molar-refractivity contribution in [2.45, 2.75) is 40.7 Å². The van der Waals surface area contributed by atoms with Crippen molar-refractivity contribution in [3.8, 4) is 11.5 Å². The lowest BCUT2D eigenvalue weighted by Gasteiger charge is -2.30. The van der Waals surface area contributed by atoms with Crippen LogP contribution in [0.15, 0.2) is 75.7 Å². The number of allylic oxidation sites excluding steroid dienone is 1. The quantitative estimate of drug-likeness (QED) is 0.299. The Balaban J connectivity index is 1.78. The molecule has 1 N–H and O–H groups in total. The SMILES string of the molecule is CCN(CC)C(=O)C1=C(C)N=c2s/c(=C/c3ccc(N(CC)CC)cc3O)c(=O)n2[C@H]1c1c(OC)ccc2ccccc12. The van der Waals surface area contributed by atoms with Gasteiger partial charge in [0.05, 0.1) is 22.9 Å². The monoisotopic (exact) mass is 598 g/mol. The van der Waals surface area contributed by atoms with E-state index in [1.54, 1.807) is 28.7 Å². The van der Waals surface area contributed by atoms with Gasteiger partial charge in [-0.15, -0.1) is 0 Å². The lowest BCUT2D eigenvalue weighted by atomic mass is 9.90. The van der Waals surface area contributed by atoms with Crippen molar-refractivity contribution >= 4 is 39.8 Å². The largest absolute Gasteiger partial charge is 0.507 e. The van der Waals surface area contributed by atoms with Crippen LogP contribution in [0.2, 0.25) is 0 Å². The minimum Gasteiger partial charge on any atom is -0.507 e. The Bertz CT molecular complexity index is 1900. The molecule has 1 aromatic heterocycles. The van der Waals surface area contributed by atoms with Gasteiger partial charge in [-0.3, -0.25) is 14.2 Å². The van der Waals surface area contributed by atoms with Gasteiger partial charge in [-0.1, -0.05) is 41.7 Å². The topological polar surface area (TPSA) is 87.4 Å². The highest BCUT2D eigenvalue weighted by atomic mass is 32.1. The van der Waals surface area contributed by atoms with Gasteiger partial charge < -0.3 is 19.6 Å². The summed E-state index contributed by atoms with van der Waals surface area (Å²) >= 11 is 1.25. The molecule has 0 bridgehead atoms. The fraction of sp³-hybridized carbons (Fsp3) is 0.324. The van der Waals surface area contributed by atoms with Crippen molar-refractivity contribution in [2.24, 2.45) is 4.99 Å². The molecule has 1 atom stereocenters. The van der Waals surface area contributed by atoms with Gasteiger partial charge in [-0.25, -0.2) is 4.99 Å². The van der Waals surface area contributed by atoms with Gasteiger partial charge in [-0.2, -0.15) is 0 Å². The van der Waals surface area contributed by atoms with Crippen LogP contribution in [-0.2, 0) is 4.79 Å². The molecule has 3 aromatic carbocycles. The molecule has 0 saturated heterocycles. The molecule has 0 unspecified atom stereocenters. The maximum atomic E-state index is 14.3. The summed E-state index contributed by atoms with van der Waals surface area (Å²) in [6.07, 6.45) is 1.70. The molecule has 1 amide bonds. The Labute approximate surface area is 255 Å². The van der Waals surface area contributed by atoms with Crippen molar-refractivity contribution in [3.63, 3.8) is 0 Å². The number of benzene rings is 3. The van der Waals surface area contributed by atoms with E-state index in [1.165, 1.54) is 11.3 Å². The number of likely N-dealkylation sites (N-methyl/N-ethyl adjacent to an activating group) is 1. The van der Waals surface area contributed by atoms with Crippen LogP contribution >= 0.6 is 11.3 Å². The second-order valence-corrected chi connectivity index (χ2v) is 11.4. The van der Waals surface area contributed by atoms with Gasteiger partial charge in [0.15, 0.2) is 4.80 Å². The number of amides is 1. The zero-order valence-corrected chi connectivity index (χ0v) is 26.4. The minimum atomic E-state index is -0.758. The first kappa shape index (κ1) is 30.1. The van der Waals surface area contributed by atoms with E-state index in [0.717, 1.165) is 35.1 Å². The molecular weight excluding hydrogens is 560 g/mol. The predicted molar refractivity (Wildman–Crippen MR) is 174 cm³/mol. The third-order valence-electron chi connectivity index (χ3n) is 8.16. The number of phenolic OH excluding ortho intramolecular Hbond substituents is 1. The highest BCUT2D eigenvalue weighted by molar-refractivity contribution is 7.07. The summed E-state index contributed by atoms with van der Waals surface area (Å²) in [7, 11) is 1.60. The van der Waals surface area contributed by atoms with Gasteiger partial charge in [0, 0.05) is 49.1 Å². The number of aromatic hydroxyl groups is 1. The summed E-state index contributed by atoms with van der Waals surface area (Å²) in [5.41, 5.74) is 2.92. The van der Waals surface area contributed by atoms with Gasteiger partial charge in [0.2, 0.25) is 0 Å². The van der Waals surface area contributed by atoms with E-state index >= 15 is 0 Å². The molecule has 1 aliphatic rings. The maximum Gasteiger partial charge on any atom is 0.271 e. The van der Waals surface area contributed by atoms with Crippen molar-refractivity contribution in [1.29, 1.82) is 0 Å². The van der Waals surface area contributed by atoms with E-state index in [9.17, 15) is 14.7 Å². The molecule has 1 aliphatic heterocycles. The molecule has 0 aliphatic carbocycles. The average molecular weight is 599 g/mol. The van der Waals surface area contributed by atoms with Gasteiger partial charge in [0.1, 0.15) is 17.5 Å². The van der Waals surface area contributed by atoms with E-state index in [4.69, 9.17) is 9.73 Å². The first-order valence-electron chi connectivity index (χ1n) is 14.7. The number of rotatable bonds is 9. The standard InChI is InChI=1S/C34H38N4O4S/c1-7-36(8-2)24-17-15-23(26(39)20-24)19-28-32(40)38-31(30-25-14-12-11-13-22(25)16-18-27(30)42-6)29(21(5)35-34(38)43-28)33(41)37(9-3)10-4/h11-20,31,39H,7-10H2,1-6H3/b28-19+/t31-/m1/s1. The van der Waals surface area contributed by atoms with E-state index in [0.29, 0.717) is 45.0 Å². The number of nitrogens with zero attached hydrogens (tertiary/aromatic N) is 4. The highest BCUT2D eigenvalue weighted by Gasteiger charge is 2.36. The summed E-state index contributed by atoms with van der Waals surface area (Å²) in [4.78, 5) is 37.6. The summed E-state index contributed by atoms with van der Waals surface area (Å²) in [6.45, 7) is 12.5. The smallest absolute Gasteiger partial charge is 0.271 e. The van der Waals surface area contributed by atoms with Crippen LogP contribution < -0.4 is 24.5 Å². The number of carbonyl (C=O) groups is 1. The van der Waals surface area contributed by atoms with Gasteiger partial charge in [0.25, 0.3) is 11.5 Å². The zero-order chi connectivity index (χ0) is 30.8. The summed E-state index contributed by atoms with van der Waals surface area (Å²) < 4.78 is 7.90. The Hall–Kier alpha value is -4.37. The van der Waals surface area contributed by atoms with E-state index < -0.39 is 6.04 Å². The van der Waals surface area contributed by atoms with Crippen molar-refractivity contribution < 1.29 is 14.6 Å². The third-order valence-corrected chi connectivity index (χ3v) is 9.14. The first-order chi connectivity index (χ1) is 20.8. The van der Waals surface area contributed by atoms with Crippen LogP contribution in [-0.4, -0.2) is 53.8 Å². The number of thiazole rings is 1. The number of ether oxygens (including phenoxy) is 1. The number of aromatic nitrogens is 1. The fourth-order valence-corrected chi connectivity index (χ4v) is 6.90. The number of hydrogen-bond donors (Lipinski definition) is 1. The molecule has 0 fully saturated rings. The average Bonchev–Trinajstić information content (AvgIpc) is 3.32. The number of hydrogen-bond acceptors (Lipinski definition) is 7. The molecule has 43 heavy (non-hydrogen) atoms. The van der Waals surface area contributed by atoms with E-state index in [2.05, 4.69) is 18.7 Å². The molecule has 2 heterocycles.